The van der Waals surface area contributed by atoms with Gasteiger partial charge in [0.15, 0.2) is 0 Å². The second kappa shape index (κ2) is 7.37. The Bertz CT molecular complexity index is 1060. The zero-order valence-corrected chi connectivity index (χ0v) is 15.8. The van der Waals surface area contributed by atoms with Gasteiger partial charge >= 0.3 is 0 Å². The minimum Gasteiger partial charge on any atom is -0.488 e. The van der Waals surface area contributed by atoms with Crippen LogP contribution in [0.2, 0.25) is 0 Å². The number of rotatable bonds is 4. The number of anilines is 1. The van der Waals surface area contributed by atoms with Crippen molar-refractivity contribution in [2.75, 3.05) is 5.32 Å². The Morgan fingerprint density at radius 2 is 1.89 bits per heavy atom. The van der Waals surface area contributed by atoms with Gasteiger partial charge in [-0.15, -0.1) is 0 Å². The molecule has 3 aromatic carbocycles. The van der Waals surface area contributed by atoms with E-state index in [1.807, 2.05) is 48.5 Å². The van der Waals surface area contributed by atoms with Crippen LogP contribution in [0.5, 0.6) is 5.75 Å². The van der Waals surface area contributed by atoms with E-state index in [0.717, 1.165) is 26.9 Å². The van der Waals surface area contributed by atoms with Crippen molar-refractivity contribution in [3.63, 3.8) is 0 Å². The fraction of sp³-hybridized carbons (Fsp3) is 0.0455. The third-order valence-electron chi connectivity index (χ3n) is 4.27. The summed E-state index contributed by atoms with van der Waals surface area (Å²) in [5.41, 5.74) is 3.74. The lowest BCUT2D eigenvalue weighted by atomic mass is 10.0. The van der Waals surface area contributed by atoms with Gasteiger partial charge in [-0.3, -0.25) is 4.79 Å². The third-order valence-corrected chi connectivity index (χ3v) is 4.76. The molecule has 1 amide bonds. The number of halogens is 2. The largest absolute Gasteiger partial charge is 0.488 e. The van der Waals surface area contributed by atoms with Gasteiger partial charge in [-0.25, -0.2) is 4.39 Å². The quantitative estimate of drug-likeness (QED) is 0.549. The van der Waals surface area contributed by atoms with Crippen LogP contribution in [0, 0.1) is 5.82 Å². The molecular formula is C22H15BrFNO2. The number of fused-ring (bicyclic) bond motifs is 1. The summed E-state index contributed by atoms with van der Waals surface area (Å²) < 4.78 is 20.1. The highest BCUT2D eigenvalue weighted by atomic mass is 79.9. The van der Waals surface area contributed by atoms with Crippen molar-refractivity contribution in [2.45, 2.75) is 6.61 Å². The smallest absolute Gasteiger partial charge is 0.256 e. The molecule has 1 N–H and O–H groups in total. The van der Waals surface area contributed by atoms with E-state index in [2.05, 4.69) is 21.2 Å². The number of para-hydroxylation sites is 1. The molecule has 0 atom stereocenters. The SMILES string of the molecule is O=C1Nc2ccccc2C1=Cc1cc(Br)ccc1OCc1cccc(F)c1. The lowest BCUT2D eigenvalue weighted by Crippen LogP contribution is -2.04. The Labute approximate surface area is 164 Å². The topological polar surface area (TPSA) is 38.3 Å². The molecule has 1 aliphatic rings. The van der Waals surface area contributed by atoms with E-state index < -0.39 is 0 Å². The minimum atomic E-state index is -0.298. The number of carbonyl (C=O) groups excluding carboxylic acids is 1. The Morgan fingerprint density at radius 1 is 1.04 bits per heavy atom. The fourth-order valence-electron chi connectivity index (χ4n) is 2.99. The predicted octanol–water partition coefficient (Wildman–Crippen LogP) is 5.66. The first-order valence-corrected chi connectivity index (χ1v) is 9.19. The van der Waals surface area contributed by atoms with Gasteiger partial charge in [-0.2, -0.15) is 0 Å². The molecule has 0 bridgehead atoms. The predicted molar refractivity (Wildman–Crippen MR) is 108 cm³/mol. The van der Waals surface area contributed by atoms with E-state index in [1.54, 1.807) is 12.1 Å². The number of hydrogen-bond donors (Lipinski definition) is 1. The van der Waals surface area contributed by atoms with Gasteiger partial charge in [0.25, 0.3) is 5.91 Å². The lowest BCUT2D eigenvalue weighted by molar-refractivity contribution is -0.110. The maximum absolute atomic E-state index is 13.4. The summed E-state index contributed by atoms with van der Waals surface area (Å²) in [6.45, 7) is 0.234. The molecule has 3 aromatic rings. The molecule has 134 valence electrons. The second-order valence-electron chi connectivity index (χ2n) is 6.16. The van der Waals surface area contributed by atoms with Gasteiger partial charge in [-0.1, -0.05) is 46.3 Å². The summed E-state index contributed by atoms with van der Waals surface area (Å²) in [6, 6.07) is 19.4. The number of benzene rings is 3. The highest BCUT2D eigenvalue weighted by molar-refractivity contribution is 9.10. The number of nitrogens with one attached hydrogen (secondary N) is 1. The number of ether oxygens (including phenoxy) is 1. The average molecular weight is 424 g/mol. The van der Waals surface area contributed by atoms with Crippen LogP contribution in [0.3, 0.4) is 0 Å². The highest BCUT2D eigenvalue weighted by Gasteiger charge is 2.23. The average Bonchev–Trinajstić information content (AvgIpc) is 2.97. The van der Waals surface area contributed by atoms with Crippen LogP contribution >= 0.6 is 15.9 Å². The lowest BCUT2D eigenvalue weighted by Gasteiger charge is -2.11. The summed E-state index contributed by atoms with van der Waals surface area (Å²) in [6.07, 6.45) is 1.81. The van der Waals surface area contributed by atoms with E-state index >= 15 is 0 Å². The summed E-state index contributed by atoms with van der Waals surface area (Å²) >= 11 is 3.46. The molecule has 27 heavy (non-hydrogen) atoms. The minimum absolute atomic E-state index is 0.146. The van der Waals surface area contributed by atoms with Crippen LogP contribution in [-0.4, -0.2) is 5.91 Å². The van der Waals surface area contributed by atoms with E-state index in [1.165, 1.54) is 12.1 Å². The van der Waals surface area contributed by atoms with Crippen LogP contribution in [-0.2, 0) is 11.4 Å². The Hall–Kier alpha value is -2.92. The van der Waals surface area contributed by atoms with Crippen molar-refractivity contribution in [2.24, 2.45) is 0 Å². The van der Waals surface area contributed by atoms with E-state index in [-0.39, 0.29) is 18.3 Å². The standard InChI is InChI=1S/C22H15BrFNO2/c23-16-8-9-21(27-13-14-4-3-5-17(24)10-14)15(11-16)12-19-18-6-1-2-7-20(18)25-22(19)26/h1-12H,13H2,(H,25,26). The first kappa shape index (κ1) is 17.5. The Balaban J connectivity index is 1.67. The Kier molecular flexibility index (Phi) is 4.77. The van der Waals surface area contributed by atoms with Crippen molar-refractivity contribution in [3.8, 4) is 5.75 Å². The number of amides is 1. The van der Waals surface area contributed by atoms with Gasteiger partial charge in [0.1, 0.15) is 18.2 Å². The number of hydrogen-bond acceptors (Lipinski definition) is 2. The van der Waals surface area contributed by atoms with Crippen LogP contribution in [0.25, 0.3) is 11.6 Å². The first-order chi connectivity index (χ1) is 13.1. The van der Waals surface area contributed by atoms with Gasteiger partial charge < -0.3 is 10.1 Å². The maximum Gasteiger partial charge on any atom is 0.256 e. The van der Waals surface area contributed by atoms with E-state index in [0.29, 0.717) is 11.3 Å². The van der Waals surface area contributed by atoms with Crippen molar-refractivity contribution < 1.29 is 13.9 Å². The van der Waals surface area contributed by atoms with E-state index in [9.17, 15) is 9.18 Å². The van der Waals surface area contributed by atoms with Crippen molar-refractivity contribution in [1.82, 2.24) is 0 Å². The molecule has 0 unspecified atom stereocenters. The Morgan fingerprint density at radius 3 is 2.74 bits per heavy atom. The fourth-order valence-corrected chi connectivity index (χ4v) is 3.37. The zero-order chi connectivity index (χ0) is 18.8. The van der Waals surface area contributed by atoms with Crippen LogP contribution < -0.4 is 10.1 Å². The summed E-state index contributed by atoms with van der Waals surface area (Å²) in [4.78, 5) is 12.4. The monoisotopic (exact) mass is 423 g/mol. The van der Waals surface area contributed by atoms with Crippen molar-refractivity contribution in [3.05, 3.63) is 93.7 Å². The molecule has 5 heteroatoms. The molecule has 3 nitrogen and oxygen atoms in total. The normalized spacial score (nSPS) is 14.1. The molecule has 0 saturated heterocycles. The molecular weight excluding hydrogens is 409 g/mol. The van der Waals surface area contributed by atoms with Crippen LogP contribution in [0.1, 0.15) is 16.7 Å². The maximum atomic E-state index is 13.4. The summed E-state index contributed by atoms with van der Waals surface area (Å²) in [5, 5.41) is 2.86. The van der Waals surface area contributed by atoms with Crippen LogP contribution in [0.15, 0.2) is 71.2 Å². The molecule has 0 radical (unpaired) electrons. The summed E-state index contributed by atoms with van der Waals surface area (Å²) in [7, 11) is 0. The number of carbonyl (C=O) groups is 1. The molecule has 4 rings (SSSR count). The van der Waals surface area contributed by atoms with Crippen molar-refractivity contribution in [1.29, 1.82) is 0 Å². The molecule has 0 fully saturated rings. The van der Waals surface area contributed by atoms with Crippen molar-refractivity contribution >= 4 is 39.2 Å². The molecule has 0 spiro atoms. The van der Waals surface area contributed by atoms with Gasteiger partial charge in [0, 0.05) is 26.9 Å². The zero-order valence-electron chi connectivity index (χ0n) is 14.2. The second-order valence-corrected chi connectivity index (χ2v) is 7.07. The summed E-state index contributed by atoms with van der Waals surface area (Å²) in [5.74, 6) is 0.174. The van der Waals surface area contributed by atoms with E-state index in [4.69, 9.17) is 4.74 Å². The van der Waals surface area contributed by atoms with Gasteiger partial charge in [-0.05, 0) is 48.0 Å². The molecule has 0 saturated carbocycles. The van der Waals surface area contributed by atoms with Crippen LogP contribution in [0.4, 0.5) is 10.1 Å². The molecule has 1 heterocycles. The molecule has 0 aliphatic carbocycles. The highest BCUT2D eigenvalue weighted by Crippen LogP contribution is 2.35. The van der Waals surface area contributed by atoms with Gasteiger partial charge in [0.05, 0.1) is 0 Å². The third kappa shape index (κ3) is 3.78. The van der Waals surface area contributed by atoms with Gasteiger partial charge in [0.2, 0.25) is 0 Å². The first-order valence-electron chi connectivity index (χ1n) is 8.39. The molecule has 0 aromatic heterocycles. The molecule has 1 aliphatic heterocycles.